The lowest BCUT2D eigenvalue weighted by molar-refractivity contribution is -0.143. The average Bonchev–Trinajstić information content (AvgIpc) is 4.01. The average molecular weight is 691 g/mol. The maximum Gasteiger partial charge on any atom is 0.306 e. The van der Waals surface area contributed by atoms with Crippen molar-refractivity contribution in [1.29, 1.82) is 0 Å². The number of aromatic nitrogens is 6. The number of hydrogen-bond acceptors (Lipinski definition) is 7. The van der Waals surface area contributed by atoms with E-state index >= 15 is 0 Å². The second-order valence-electron chi connectivity index (χ2n) is 12.4. The summed E-state index contributed by atoms with van der Waals surface area (Å²) in [5.74, 6) is 0.0907. The van der Waals surface area contributed by atoms with E-state index in [4.69, 9.17) is 24.4 Å². The summed E-state index contributed by atoms with van der Waals surface area (Å²) in [4.78, 5) is 47.7. The molecule has 0 spiro atoms. The van der Waals surface area contributed by atoms with E-state index in [1.54, 1.807) is 18.3 Å². The van der Waals surface area contributed by atoms with Gasteiger partial charge in [0, 0.05) is 65.5 Å². The van der Waals surface area contributed by atoms with Crippen LogP contribution in [0.4, 0.5) is 0 Å². The van der Waals surface area contributed by atoms with E-state index in [-0.39, 0.29) is 38.0 Å². The lowest BCUT2D eigenvalue weighted by Gasteiger charge is -2.07. The van der Waals surface area contributed by atoms with Gasteiger partial charge in [-0.15, -0.1) is 0 Å². The smallest absolute Gasteiger partial charge is 0.306 e. The Bertz CT molecular complexity index is 2390. The molecule has 10 nitrogen and oxygen atoms in total. The topological polar surface area (TPSA) is 128 Å². The third kappa shape index (κ3) is 7.04. The Morgan fingerprint density at radius 2 is 1.19 bits per heavy atom. The van der Waals surface area contributed by atoms with E-state index in [1.807, 2.05) is 84.6 Å². The van der Waals surface area contributed by atoms with Crippen molar-refractivity contribution in [3.8, 4) is 22.5 Å². The van der Waals surface area contributed by atoms with Crippen LogP contribution in [0.15, 0.2) is 92.3 Å². The molecule has 0 unspecified atom stereocenters. The van der Waals surface area contributed by atoms with Crippen molar-refractivity contribution in [3.63, 3.8) is 0 Å². The Kier molecular flexibility index (Phi) is 9.88. The maximum atomic E-state index is 12.7. The summed E-state index contributed by atoms with van der Waals surface area (Å²) in [5.41, 5.74) is 10.7. The number of carbonyl (C=O) groups excluding carboxylic acids is 2. The molecule has 1 aromatic carbocycles. The van der Waals surface area contributed by atoms with Crippen molar-refractivity contribution in [2.45, 2.75) is 25.7 Å². The van der Waals surface area contributed by atoms with Gasteiger partial charge in [-0.3, -0.25) is 9.59 Å². The number of nitrogens with zero attached hydrogens (tertiary/aromatic N) is 4. The number of imidazole rings is 1. The molecule has 0 fully saturated rings. The highest BCUT2D eigenvalue weighted by Crippen LogP contribution is 2.34. The van der Waals surface area contributed by atoms with Crippen LogP contribution in [0.5, 0.6) is 0 Å². The fourth-order valence-electron chi connectivity index (χ4n) is 6.50. The maximum absolute atomic E-state index is 12.7. The van der Waals surface area contributed by atoms with E-state index < -0.39 is 0 Å². The van der Waals surface area contributed by atoms with Crippen LogP contribution in [0.25, 0.3) is 68.9 Å². The Labute approximate surface area is 300 Å². The van der Waals surface area contributed by atoms with E-state index in [9.17, 15) is 9.59 Å². The summed E-state index contributed by atoms with van der Waals surface area (Å²) in [5, 5.41) is 0. The van der Waals surface area contributed by atoms with Crippen LogP contribution in [0.1, 0.15) is 46.7 Å². The first-order valence-electron chi connectivity index (χ1n) is 17.1. The second-order valence-corrected chi connectivity index (χ2v) is 12.4. The molecule has 6 heterocycles. The number of aromatic amines is 2. The first-order valence-corrected chi connectivity index (χ1v) is 17.1. The summed E-state index contributed by atoms with van der Waals surface area (Å²) >= 11 is 0. The molecular weight excluding hydrogens is 652 g/mol. The Morgan fingerprint density at radius 1 is 0.692 bits per heavy atom. The number of H-pyrrole nitrogens is 2. The molecule has 0 radical (unpaired) electrons. The van der Waals surface area contributed by atoms with E-state index in [0.29, 0.717) is 18.5 Å². The summed E-state index contributed by atoms with van der Waals surface area (Å²) in [6.07, 6.45) is 15.8. The van der Waals surface area contributed by atoms with Gasteiger partial charge in [0.15, 0.2) is 0 Å². The number of aryl methyl sites for hydroxylation is 3. The van der Waals surface area contributed by atoms with Crippen LogP contribution in [0.3, 0.4) is 0 Å². The van der Waals surface area contributed by atoms with E-state index in [0.717, 1.165) is 72.8 Å². The number of esters is 2. The number of nitrogens with one attached hydrogen (secondary N) is 2. The molecule has 4 aromatic heterocycles. The lowest BCUT2D eigenvalue weighted by atomic mass is 10.0. The van der Waals surface area contributed by atoms with Crippen molar-refractivity contribution < 1.29 is 19.1 Å². The van der Waals surface area contributed by atoms with Crippen molar-refractivity contribution in [2.75, 3.05) is 13.2 Å². The van der Waals surface area contributed by atoms with Gasteiger partial charge in [0.1, 0.15) is 19.0 Å². The molecule has 5 aromatic rings. The van der Waals surface area contributed by atoms with Crippen molar-refractivity contribution in [3.05, 3.63) is 126 Å². The highest BCUT2D eigenvalue weighted by Gasteiger charge is 2.20. The summed E-state index contributed by atoms with van der Waals surface area (Å²) < 4.78 is 12.6. The molecule has 10 heteroatoms. The fourth-order valence-corrected chi connectivity index (χ4v) is 6.50. The highest BCUT2D eigenvalue weighted by atomic mass is 16.5. The van der Waals surface area contributed by atoms with Crippen LogP contribution in [-0.4, -0.2) is 54.6 Å². The summed E-state index contributed by atoms with van der Waals surface area (Å²) in [6.45, 7) is 7.62. The minimum Gasteiger partial charge on any atom is -0.461 e. The predicted molar refractivity (Wildman–Crippen MR) is 205 cm³/mol. The number of hydrogen-bond donors (Lipinski definition) is 2. The van der Waals surface area contributed by atoms with Crippen molar-refractivity contribution >= 4 is 58.3 Å². The van der Waals surface area contributed by atoms with Gasteiger partial charge in [0.05, 0.1) is 33.9 Å². The van der Waals surface area contributed by atoms with Crippen LogP contribution in [-0.2, 0) is 39.0 Å². The SMILES string of the molecule is C=CCOC(=O)CCc1c2nc(c(-c3nccn3C)c3ccc([nH]3)c(CCC(=O)OCC=C)c3nc(c(-c4ccccc4)c4ccc1[nH]4)C=C3)C=C2. The third-order valence-electron chi connectivity index (χ3n) is 8.96. The number of carbonyl (C=O) groups is 2. The van der Waals surface area contributed by atoms with Gasteiger partial charge in [-0.1, -0.05) is 55.6 Å². The first kappa shape index (κ1) is 33.9. The first-order chi connectivity index (χ1) is 25.4. The zero-order valence-corrected chi connectivity index (χ0v) is 28.9. The molecule has 52 heavy (non-hydrogen) atoms. The molecule has 0 amide bonds. The molecule has 2 N–H and O–H groups in total. The highest BCUT2D eigenvalue weighted by molar-refractivity contribution is 5.93. The molecule has 0 saturated carbocycles. The molecule has 0 saturated heterocycles. The lowest BCUT2D eigenvalue weighted by Crippen LogP contribution is -2.06. The Morgan fingerprint density at radius 3 is 1.71 bits per heavy atom. The second kappa shape index (κ2) is 15.1. The van der Waals surface area contributed by atoms with Crippen LogP contribution in [0, 0.1) is 0 Å². The van der Waals surface area contributed by atoms with Gasteiger partial charge in [-0.2, -0.15) is 0 Å². The van der Waals surface area contributed by atoms with Gasteiger partial charge >= 0.3 is 11.9 Å². The molecule has 7 rings (SSSR count). The van der Waals surface area contributed by atoms with Gasteiger partial charge in [-0.25, -0.2) is 15.0 Å². The van der Waals surface area contributed by atoms with Gasteiger partial charge < -0.3 is 24.0 Å². The quantitative estimate of drug-likeness (QED) is 0.0981. The number of ether oxygens (including phenoxy) is 2. The minimum atomic E-state index is -0.316. The minimum absolute atomic E-state index is 0.155. The van der Waals surface area contributed by atoms with Crippen molar-refractivity contribution in [1.82, 2.24) is 29.5 Å². The van der Waals surface area contributed by atoms with E-state index in [1.165, 1.54) is 0 Å². The van der Waals surface area contributed by atoms with Crippen LogP contribution < -0.4 is 0 Å². The third-order valence-corrected chi connectivity index (χ3v) is 8.96. The molecule has 8 bridgehead atoms. The predicted octanol–water partition coefficient (Wildman–Crippen LogP) is 8.05. The Balaban J connectivity index is 1.54. The zero-order chi connectivity index (χ0) is 36.0. The standard InChI is InChI=1S/C42H38N6O4/c1-4-25-51-38(49)21-11-28-30-13-17-34(44-30)40(27-9-7-6-8-10-27)35-18-14-31(45-35)29(12-22-39(50)52-26-5-2)33-16-20-37(47-33)41(36-19-15-32(28)46-36)42-43-23-24-48(42)3/h4-10,13-20,23-24,44,47H,1-2,11-12,21-22,25-26H2,3H3. The van der Waals surface area contributed by atoms with Gasteiger partial charge in [-0.05, 0) is 67.0 Å². The number of benzene rings is 1. The molecular formula is C42H38N6O4. The van der Waals surface area contributed by atoms with E-state index in [2.05, 4.69) is 35.3 Å². The van der Waals surface area contributed by atoms with Gasteiger partial charge in [0.25, 0.3) is 0 Å². The summed E-state index contributed by atoms with van der Waals surface area (Å²) in [6, 6.07) is 18.2. The van der Waals surface area contributed by atoms with Crippen molar-refractivity contribution in [2.24, 2.45) is 7.05 Å². The fraction of sp³-hybridized carbons (Fsp3) is 0.167. The largest absolute Gasteiger partial charge is 0.461 e. The normalized spacial score (nSPS) is 11.8. The van der Waals surface area contributed by atoms with Crippen LogP contribution >= 0.6 is 0 Å². The Hall–Kier alpha value is -6.55. The molecule has 0 aliphatic carbocycles. The molecule has 2 aliphatic heterocycles. The number of fused-ring (bicyclic) bond motifs is 8. The monoisotopic (exact) mass is 690 g/mol. The number of rotatable bonds is 12. The molecule has 2 aliphatic rings. The van der Waals surface area contributed by atoms with Gasteiger partial charge in [0.2, 0.25) is 0 Å². The zero-order valence-electron chi connectivity index (χ0n) is 28.9. The summed E-state index contributed by atoms with van der Waals surface area (Å²) in [7, 11) is 1.94. The van der Waals surface area contributed by atoms with Crippen LogP contribution in [0.2, 0.25) is 0 Å². The molecule has 260 valence electrons. The molecule has 0 atom stereocenters.